The number of carbonyl (C=O) groups excluding carboxylic acids is 1. The van der Waals surface area contributed by atoms with Crippen LogP contribution >= 0.6 is 11.6 Å². The molecule has 0 bridgehead atoms. The normalized spacial score (nSPS) is 22.4. The van der Waals surface area contributed by atoms with Crippen molar-refractivity contribution >= 4 is 17.5 Å². The largest absolute Gasteiger partial charge is 0.396 e. The quantitative estimate of drug-likeness (QED) is 0.815. The summed E-state index contributed by atoms with van der Waals surface area (Å²) in [6, 6.07) is 7.37. The Labute approximate surface area is 119 Å². The van der Waals surface area contributed by atoms with Crippen LogP contribution in [0.3, 0.4) is 0 Å². The molecule has 2 N–H and O–H groups in total. The van der Waals surface area contributed by atoms with E-state index in [1.165, 1.54) is 0 Å². The van der Waals surface area contributed by atoms with Crippen LogP contribution in [0.25, 0.3) is 0 Å². The molecular formula is C15H20ClNO2. The van der Waals surface area contributed by atoms with Gasteiger partial charge in [-0.3, -0.25) is 4.79 Å². The molecule has 1 aromatic rings. The zero-order chi connectivity index (χ0) is 13.7. The third-order valence-corrected chi connectivity index (χ3v) is 4.23. The molecule has 0 heterocycles. The van der Waals surface area contributed by atoms with Crippen molar-refractivity contribution in [2.24, 2.45) is 11.8 Å². The molecule has 3 nitrogen and oxygen atoms in total. The minimum absolute atomic E-state index is 0.0597. The number of amides is 1. The molecule has 0 aliphatic heterocycles. The van der Waals surface area contributed by atoms with E-state index in [1.54, 1.807) is 6.07 Å². The highest BCUT2D eigenvalue weighted by molar-refractivity contribution is 6.17. The lowest BCUT2D eigenvalue weighted by Crippen LogP contribution is -2.31. The summed E-state index contributed by atoms with van der Waals surface area (Å²) in [5.74, 6) is 1.10. The molecule has 1 aliphatic rings. The van der Waals surface area contributed by atoms with E-state index in [0.717, 1.165) is 24.8 Å². The SMILES string of the molecule is O=C(NCC1CCCC1CO)c1cccc(CCl)c1. The minimum Gasteiger partial charge on any atom is -0.396 e. The molecular weight excluding hydrogens is 262 g/mol. The molecule has 4 heteroatoms. The Hall–Kier alpha value is -1.06. The van der Waals surface area contributed by atoms with Gasteiger partial charge in [0.05, 0.1) is 0 Å². The number of aliphatic hydroxyl groups is 1. The molecule has 0 aromatic heterocycles. The molecule has 2 unspecified atom stereocenters. The summed E-state index contributed by atoms with van der Waals surface area (Å²) in [5.41, 5.74) is 1.60. The lowest BCUT2D eigenvalue weighted by Gasteiger charge is -2.17. The van der Waals surface area contributed by atoms with E-state index in [0.29, 0.717) is 29.8 Å². The lowest BCUT2D eigenvalue weighted by molar-refractivity contribution is 0.0937. The van der Waals surface area contributed by atoms with Crippen molar-refractivity contribution in [3.63, 3.8) is 0 Å². The van der Waals surface area contributed by atoms with Crippen LogP contribution in [0.5, 0.6) is 0 Å². The number of alkyl halides is 1. The number of hydrogen-bond acceptors (Lipinski definition) is 2. The molecule has 1 aliphatic carbocycles. The highest BCUT2D eigenvalue weighted by Crippen LogP contribution is 2.30. The van der Waals surface area contributed by atoms with Gasteiger partial charge >= 0.3 is 0 Å². The second-order valence-electron chi connectivity index (χ2n) is 5.18. The molecule has 0 spiro atoms. The Morgan fingerprint density at radius 3 is 2.89 bits per heavy atom. The van der Waals surface area contributed by atoms with Crippen molar-refractivity contribution in [3.8, 4) is 0 Å². The van der Waals surface area contributed by atoms with E-state index in [1.807, 2.05) is 18.2 Å². The Kier molecular flexibility index (Phi) is 5.23. The van der Waals surface area contributed by atoms with Gasteiger partial charge in [0.25, 0.3) is 5.91 Å². The predicted molar refractivity (Wildman–Crippen MR) is 76.2 cm³/mol. The number of rotatable bonds is 5. The van der Waals surface area contributed by atoms with Gasteiger partial charge in [-0.2, -0.15) is 0 Å². The number of carbonyl (C=O) groups is 1. The zero-order valence-corrected chi connectivity index (χ0v) is 11.7. The molecule has 1 aromatic carbocycles. The molecule has 0 radical (unpaired) electrons. The number of aliphatic hydroxyl groups excluding tert-OH is 1. The average Bonchev–Trinajstić information content (AvgIpc) is 2.92. The molecule has 19 heavy (non-hydrogen) atoms. The Bertz CT molecular complexity index is 436. The maximum Gasteiger partial charge on any atom is 0.251 e. The summed E-state index contributed by atoms with van der Waals surface area (Å²) < 4.78 is 0. The van der Waals surface area contributed by atoms with Gasteiger partial charge < -0.3 is 10.4 Å². The van der Waals surface area contributed by atoms with Crippen molar-refractivity contribution in [1.82, 2.24) is 5.32 Å². The predicted octanol–water partition coefficient (Wildman–Crippen LogP) is 2.56. The van der Waals surface area contributed by atoms with Crippen LogP contribution in [0.2, 0.25) is 0 Å². The molecule has 1 saturated carbocycles. The summed E-state index contributed by atoms with van der Waals surface area (Å²) in [6.45, 7) is 0.872. The smallest absolute Gasteiger partial charge is 0.251 e. The summed E-state index contributed by atoms with van der Waals surface area (Å²) >= 11 is 5.76. The van der Waals surface area contributed by atoms with Gasteiger partial charge in [-0.15, -0.1) is 11.6 Å². The fourth-order valence-electron chi connectivity index (χ4n) is 2.74. The topological polar surface area (TPSA) is 49.3 Å². The molecule has 0 saturated heterocycles. The van der Waals surface area contributed by atoms with Crippen molar-refractivity contribution in [2.45, 2.75) is 25.1 Å². The number of benzene rings is 1. The summed E-state index contributed by atoms with van der Waals surface area (Å²) in [4.78, 5) is 12.0. The van der Waals surface area contributed by atoms with Gasteiger partial charge in [0.2, 0.25) is 0 Å². The first-order valence-electron chi connectivity index (χ1n) is 6.78. The van der Waals surface area contributed by atoms with Gasteiger partial charge in [-0.1, -0.05) is 18.6 Å². The molecule has 1 fully saturated rings. The molecule has 2 rings (SSSR count). The van der Waals surface area contributed by atoms with Crippen LogP contribution in [-0.2, 0) is 5.88 Å². The zero-order valence-electron chi connectivity index (χ0n) is 10.9. The fraction of sp³-hybridized carbons (Fsp3) is 0.533. The summed E-state index contributed by atoms with van der Waals surface area (Å²) in [7, 11) is 0. The van der Waals surface area contributed by atoms with E-state index < -0.39 is 0 Å². The Balaban J connectivity index is 1.90. The van der Waals surface area contributed by atoms with Crippen LogP contribution in [0, 0.1) is 11.8 Å². The Morgan fingerprint density at radius 2 is 2.16 bits per heavy atom. The highest BCUT2D eigenvalue weighted by Gasteiger charge is 2.26. The van der Waals surface area contributed by atoms with Gasteiger partial charge in [0.1, 0.15) is 0 Å². The average molecular weight is 282 g/mol. The first-order valence-corrected chi connectivity index (χ1v) is 7.32. The number of nitrogens with one attached hydrogen (secondary N) is 1. The van der Waals surface area contributed by atoms with E-state index in [4.69, 9.17) is 11.6 Å². The lowest BCUT2D eigenvalue weighted by atomic mass is 9.97. The van der Waals surface area contributed by atoms with Gasteiger partial charge in [0, 0.05) is 24.6 Å². The standard InChI is InChI=1S/C15H20ClNO2/c16-8-11-3-1-4-12(7-11)15(19)17-9-13-5-2-6-14(13)10-18/h1,3-4,7,13-14,18H,2,5-6,8-10H2,(H,17,19). The second-order valence-corrected chi connectivity index (χ2v) is 5.44. The van der Waals surface area contributed by atoms with Gasteiger partial charge in [-0.05, 0) is 42.4 Å². The molecule has 2 atom stereocenters. The maximum atomic E-state index is 12.0. The van der Waals surface area contributed by atoms with Crippen LogP contribution in [0.15, 0.2) is 24.3 Å². The summed E-state index contributed by atoms with van der Waals surface area (Å²) in [6.07, 6.45) is 3.31. The monoisotopic (exact) mass is 281 g/mol. The fourth-order valence-corrected chi connectivity index (χ4v) is 2.91. The van der Waals surface area contributed by atoms with Crippen LogP contribution in [0.1, 0.15) is 35.2 Å². The van der Waals surface area contributed by atoms with Crippen molar-refractivity contribution in [2.75, 3.05) is 13.2 Å². The Morgan fingerprint density at radius 1 is 1.37 bits per heavy atom. The van der Waals surface area contributed by atoms with E-state index in [-0.39, 0.29) is 12.5 Å². The third kappa shape index (κ3) is 3.71. The van der Waals surface area contributed by atoms with Crippen LogP contribution < -0.4 is 5.32 Å². The first-order chi connectivity index (χ1) is 9.24. The molecule has 1 amide bonds. The van der Waals surface area contributed by atoms with E-state index >= 15 is 0 Å². The van der Waals surface area contributed by atoms with Crippen molar-refractivity contribution < 1.29 is 9.90 Å². The number of halogens is 1. The van der Waals surface area contributed by atoms with Crippen molar-refractivity contribution in [3.05, 3.63) is 35.4 Å². The maximum absolute atomic E-state index is 12.0. The first kappa shape index (κ1) is 14.4. The van der Waals surface area contributed by atoms with Gasteiger partial charge in [0.15, 0.2) is 0 Å². The van der Waals surface area contributed by atoms with Crippen molar-refractivity contribution in [1.29, 1.82) is 0 Å². The molecule has 104 valence electrons. The van der Waals surface area contributed by atoms with Crippen LogP contribution in [-0.4, -0.2) is 24.2 Å². The minimum atomic E-state index is -0.0597. The van der Waals surface area contributed by atoms with Gasteiger partial charge in [-0.25, -0.2) is 0 Å². The second kappa shape index (κ2) is 6.92. The number of hydrogen-bond donors (Lipinski definition) is 2. The third-order valence-electron chi connectivity index (χ3n) is 3.92. The summed E-state index contributed by atoms with van der Waals surface area (Å²) in [5, 5.41) is 12.2. The van der Waals surface area contributed by atoms with E-state index in [2.05, 4.69) is 5.32 Å². The highest BCUT2D eigenvalue weighted by atomic mass is 35.5. The van der Waals surface area contributed by atoms with E-state index in [9.17, 15) is 9.90 Å². The van der Waals surface area contributed by atoms with Crippen LogP contribution in [0.4, 0.5) is 0 Å².